The molecule has 2 rings (SSSR count). The van der Waals surface area contributed by atoms with Gasteiger partial charge in [0.1, 0.15) is 0 Å². The van der Waals surface area contributed by atoms with E-state index in [1.54, 1.807) is 0 Å². The summed E-state index contributed by atoms with van der Waals surface area (Å²) in [6.07, 6.45) is 0.788. The number of azide groups is 1. The molecule has 0 spiro atoms. The van der Waals surface area contributed by atoms with Crippen molar-refractivity contribution in [3.63, 3.8) is 0 Å². The minimum Gasteiger partial charge on any atom is -0.378 e. The van der Waals surface area contributed by atoms with Gasteiger partial charge < -0.3 is 10.2 Å². The van der Waals surface area contributed by atoms with Gasteiger partial charge in [-0.25, -0.2) is 0 Å². The van der Waals surface area contributed by atoms with Gasteiger partial charge in [0.15, 0.2) is 0 Å². The molecule has 0 fully saturated rings. The lowest BCUT2D eigenvalue weighted by atomic mass is 10.1. The summed E-state index contributed by atoms with van der Waals surface area (Å²) in [7, 11) is 4.09. The first kappa shape index (κ1) is 16.9. The van der Waals surface area contributed by atoms with Crippen molar-refractivity contribution in [2.45, 2.75) is 19.5 Å². The summed E-state index contributed by atoms with van der Waals surface area (Å²) in [6.45, 7) is 2.20. The highest BCUT2D eigenvalue weighted by molar-refractivity contribution is 5.45. The van der Waals surface area contributed by atoms with E-state index in [2.05, 4.69) is 68.8 Å². The normalized spacial score (nSPS) is 10.2. The van der Waals surface area contributed by atoms with Crippen LogP contribution in [0.3, 0.4) is 0 Å². The van der Waals surface area contributed by atoms with Gasteiger partial charge in [0.05, 0.1) is 0 Å². The Bertz CT molecular complexity index is 640. The van der Waals surface area contributed by atoms with Crippen molar-refractivity contribution in [1.29, 1.82) is 0 Å². The third-order valence-electron chi connectivity index (χ3n) is 3.70. The van der Waals surface area contributed by atoms with Gasteiger partial charge >= 0.3 is 0 Å². The lowest BCUT2D eigenvalue weighted by molar-refractivity contribution is 0.693. The van der Waals surface area contributed by atoms with Gasteiger partial charge in [0.25, 0.3) is 0 Å². The fourth-order valence-corrected chi connectivity index (χ4v) is 2.31. The molecule has 0 aliphatic heterocycles. The molecule has 2 aromatic carbocycles. The second kappa shape index (κ2) is 8.83. The van der Waals surface area contributed by atoms with Crippen LogP contribution in [0.15, 0.2) is 53.6 Å². The van der Waals surface area contributed by atoms with Gasteiger partial charge in [0.2, 0.25) is 0 Å². The molecule has 0 heterocycles. The summed E-state index contributed by atoms with van der Waals surface area (Å²) < 4.78 is 0. The van der Waals surface area contributed by atoms with Gasteiger partial charge in [-0.1, -0.05) is 41.5 Å². The number of hydrogen-bond donors (Lipinski definition) is 1. The maximum atomic E-state index is 8.27. The molecule has 0 saturated carbocycles. The van der Waals surface area contributed by atoms with E-state index in [-0.39, 0.29) is 0 Å². The highest BCUT2D eigenvalue weighted by atomic mass is 15.1. The van der Waals surface area contributed by atoms with Crippen LogP contribution in [0, 0.1) is 0 Å². The molecular weight excluding hydrogens is 286 g/mol. The molecule has 23 heavy (non-hydrogen) atoms. The summed E-state index contributed by atoms with van der Waals surface area (Å²) in [5, 5.41) is 7.01. The molecule has 0 aromatic heterocycles. The smallest absolute Gasteiger partial charge is 0.0361 e. The van der Waals surface area contributed by atoms with Crippen LogP contribution in [0.25, 0.3) is 10.4 Å². The van der Waals surface area contributed by atoms with Crippen LogP contribution in [0.4, 0.5) is 5.69 Å². The second-order valence-corrected chi connectivity index (χ2v) is 5.69. The van der Waals surface area contributed by atoms with Crippen LogP contribution in [0.5, 0.6) is 0 Å². The molecule has 0 bridgehead atoms. The van der Waals surface area contributed by atoms with E-state index in [9.17, 15) is 0 Å². The van der Waals surface area contributed by atoms with Gasteiger partial charge in [-0.05, 0) is 40.8 Å². The molecule has 2 aromatic rings. The van der Waals surface area contributed by atoms with Crippen molar-refractivity contribution in [3.05, 3.63) is 75.7 Å². The Morgan fingerprint density at radius 3 is 1.96 bits per heavy atom. The SMILES string of the molecule is CN(C)c1ccc(CNCc2ccc(CCN=[N+]=[N-])cc2)cc1. The molecule has 0 aliphatic carbocycles. The van der Waals surface area contributed by atoms with Gasteiger partial charge in [-0.2, -0.15) is 0 Å². The minimum atomic E-state index is 0.511. The predicted molar refractivity (Wildman–Crippen MR) is 95.5 cm³/mol. The maximum Gasteiger partial charge on any atom is 0.0361 e. The molecule has 0 amide bonds. The fourth-order valence-electron chi connectivity index (χ4n) is 2.31. The molecule has 5 nitrogen and oxygen atoms in total. The monoisotopic (exact) mass is 309 g/mol. The molecular formula is C18H23N5. The standard InChI is InChI=1S/C18H23N5/c1-23(2)18-9-7-17(8-10-18)14-20-13-16-5-3-15(4-6-16)11-12-21-22-19/h3-10,20H,11-14H2,1-2H3. The Morgan fingerprint density at radius 2 is 1.43 bits per heavy atom. The van der Waals surface area contributed by atoms with Crippen LogP contribution >= 0.6 is 0 Å². The first-order valence-electron chi connectivity index (χ1n) is 7.74. The Balaban J connectivity index is 1.78. The van der Waals surface area contributed by atoms with E-state index in [4.69, 9.17) is 5.53 Å². The largest absolute Gasteiger partial charge is 0.378 e. The molecule has 1 N–H and O–H groups in total. The highest BCUT2D eigenvalue weighted by Crippen LogP contribution is 2.12. The van der Waals surface area contributed by atoms with Crippen LogP contribution in [0.1, 0.15) is 16.7 Å². The van der Waals surface area contributed by atoms with Crippen LogP contribution < -0.4 is 10.2 Å². The van der Waals surface area contributed by atoms with Gasteiger partial charge in [-0.3, -0.25) is 0 Å². The lowest BCUT2D eigenvalue weighted by Gasteiger charge is -2.13. The zero-order valence-electron chi connectivity index (χ0n) is 13.7. The molecule has 0 unspecified atom stereocenters. The third kappa shape index (κ3) is 5.66. The van der Waals surface area contributed by atoms with E-state index >= 15 is 0 Å². The van der Waals surface area contributed by atoms with Gasteiger partial charge in [-0.15, -0.1) is 0 Å². The van der Waals surface area contributed by atoms with Crippen molar-refractivity contribution in [3.8, 4) is 0 Å². The summed E-state index contributed by atoms with van der Waals surface area (Å²) in [5.41, 5.74) is 13.2. The molecule has 0 aliphatic rings. The van der Waals surface area contributed by atoms with E-state index < -0.39 is 0 Å². The summed E-state index contributed by atoms with van der Waals surface area (Å²) >= 11 is 0. The Kier molecular flexibility index (Phi) is 6.48. The summed E-state index contributed by atoms with van der Waals surface area (Å²) in [4.78, 5) is 4.86. The molecule has 0 saturated heterocycles. The number of anilines is 1. The van der Waals surface area contributed by atoms with Crippen LogP contribution in [-0.4, -0.2) is 20.6 Å². The third-order valence-corrected chi connectivity index (χ3v) is 3.70. The predicted octanol–water partition coefficient (Wildman–Crippen LogP) is 3.90. The Hall–Kier alpha value is -2.49. The lowest BCUT2D eigenvalue weighted by Crippen LogP contribution is -2.13. The Morgan fingerprint density at radius 1 is 0.913 bits per heavy atom. The maximum absolute atomic E-state index is 8.27. The average molecular weight is 309 g/mol. The number of benzene rings is 2. The van der Waals surface area contributed by atoms with Crippen molar-refractivity contribution in [2.24, 2.45) is 5.11 Å². The quantitative estimate of drug-likeness (QED) is 0.456. The number of nitrogens with zero attached hydrogens (tertiary/aromatic N) is 4. The van der Waals surface area contributed by atoms with E-state index in [1.807, 2.05) is 14.1 Å². The zero-order chi connectivity index (χ0) is 16.5. The fraction of sp³-hybridized carbons (Fsp3) is 0.333. The van der Waals surface area contributed by atoms with E-state index in [1.165, 1.54) is 22.4 Å². The minimum absolute atomic E-state index is 0.511. The van der Waals surface area contributed by atoms with E-state index in [0.29, 0.717) is 6.54 Å². The number of rotatable bonds is 8. The van der Waals surface area contributed by atoms with Crippen LogP contribution in [0.2, 0.25) is 0 Å². The van der Waals surface area contributed by atoms with Crippen LogP contribution in [-0.2, 0) is 19.5 Å². The van der Waals surface area contributed by atoms with E-state index in [0.717, 1.165) is 19.5 Å². The topological polar surface area (TPSA) is 64.0 Å². The highest BCUT2D eigenvalue weighted by Gasteiger charge is 1.98. The first-order chi connectivity index (χ1) is 11.2. The van der Waals surface area contributed by atoms with Crippen molar-refractivity contribution in [1.82, 2.24) is 5.32 Å². The first-order valence-corrected chi connectivity index (χ1v) is 7.74. The Labute approximate surface area is 137 Å². The number of hydrogen-bond acceptors (Lipinski definition) is 3. The molecule has 0 atom stereocenters. The summed E-state index contributed by atoms with van der Waals surface area (Å²) in [5.74, 6) is 0. The van der Waals surface area contributed by atoms with Crippen molar-refractivity contribution in [2.75, 3.05) is 25.5 Å². The summed E-state index contributed by atoms with van der Waals surface area (Å²) in [6, 6.07) is 17.0. The second-order valence-electron chi connectivity index (χ2n) is 5.69. The van der Waals surface area contributed by atoms with Crippen molar-refractivity contribution < 1.29 is 0 Å². The zero-order valence-corrected chi connectivity index (χ0v) is 13.7. The molecule has 5 heteroatoms. The van der Waals surface area contributed by atoms with Crippen molar-refractivity contribution >= 4 is 5.69 Å². The van der Waals surface area contributed by atoms with Gasteiger partial charge in [0, 0.05) is 44.3 Å². The molecule has 120 valence electrons. The average Bonchev–Trinajstić information content (AvgIpc) is 2.57. The molecule has 0 radical (unpaired) electrons. The number of nitrogens with one attached hydrogen (secondary N) is 1.